The van der Waals surface area contributed by atoms with E-state index in [1.807, 2.05) is 19.9 Å². The molecule has 2 unspecified atom stereocenters. The van der Waals surface area contributed by atoms with Crippen molar-refractivity contribution in [2.24, 2.45) is 5.92 Å². The molecule has 1 aromatic rings. The largest absolute Gasteiger partial charge is 0.466 e. The second-order valence-corrected chi connectivity index (χ2v) is 5.58. The maximum absolute atomic E-state index is 9.82. The summed E-state index contributed by atoms with van der Waals surface area (Å²) in [6, 6.07) is 2.20. The van der Waals surface area contributed by atoms with Crippen LogP contribution in [0.15, 0.2) is 10.5 Å². The minimum Gasteiger partial charge on any atom is -0.466 e. The zero-order valence-corrected chi connectivity index (χ0v) is 12.7. The molecule has 0 aliphatic rings. The highest BCUT2D eigenvalue weighted by Gasteiger charge is 2.14. The molecule has 0 aliphatic carbocycles. The Hall–Kier alpha value is -0.840. The third-order valence-electron chi connectivity index (χ3n) is 2.97. The van der Waals surface area contributed by atoms with Gasteiger partial charge in [0.25, 0.3) is 0 Å². The minimum absolute atomic E-state index is 0.164. The second kappa shape index (κ2) is 7.68. The van der Waals surface area contributed by atoms with Crippen LogP contribution < -0.4 is 5.32 Å². The lowest BCUT2D eigenvalue weighted by molar-refractivity contribution is 0.0251. The van der Waals surface area contributed by atoms with E-state index in [1.165, 1.54) is 0 Å². The Labute approximate surface area is 116 Å². The Morgan fingerprint density at radius 2 is 1.95 bits per heavy atom. The number of rotatable bonds is 8. The van der Waals surface area contributed by atoms with E-state index in [2.05, 4.69) is 26.1 Å². The van der Waals surface area contributed by atoms with Crippen LogP contribution in [-0.4, -0.2) is 31.0 Å². The minimum atomic E-state index is -0.477. The van der Waals surface area contributed by atoms with Crippen LogP contribution in [-0.2, 0) is 4.74 Å². The van der Waals surface area contributed by atoms with Gasteiger partial charge in [-0.3, -0.25) is 0 Å². The van der Waals surface area contributed by atoms with Crippen LogP contribution in [0.3, 0.4) is 0 Å². The lowest BCUT2D eigenvalue weighted by Crippen LogP contribution is -2.32. The number of aliphatic hydroxyl groups is 1. The lowest BCUT2D eigenvalue weighted by atomic mass is 10.1. The number of furan rings is 1. The molecule has 0 aliphatic heterocycles. The summed E-state index contributed by atoms with van der Waals surface area (Å²) >= 11 is 0. The van der Waals surface area contributed by atoms with Crippen LogP contribution in [0.5, 0.6) is 0 Å². The van der Waals surface area contributed by atoms with Crippen molar-refractivity contribution in [3.63, 3.8) is 0 Å². The summed E-state index contributed by atoms with van der Waals surface area (Å²) in [5, 5.41) is 13.1. The van der Waals surface area contributed by atoms with Gasteiger partial charge >= 0.3 is 0 Å². The SMILES string of the molecule is Cc1cc(C(C)NCC(O)COCC(C)C)c(C)o1. The molecular formula is C15H27NO3. The highest BCUT2D eigenvalue weighted by atomic mass is 16.5. The topological polar surface area (TPSA) is 54.6 Å². The fraction of sp³-hybridized carbons (Fsp3) is 0.733. The van der Waals surface area contributed by atoms with E-state index in [0.717, 1.165) is 17.1 Å². The van der Waals surface area contributed by atoms with Gasteiger partial charge in [-0.15, -0.1) is 0 Å². The summed E-state index contributed by atoms with van der Waals surface area (Å²) < 4.78 is 10.9. The fourth-order valence-corrected chi connectivity index (χ4v) is 2.00. The molecule has 1 heterocycles. The molecule has 0 saturated heterocycles. The van der Waals surface area contributed by atoms with E-state index in [9.17, 15) is 5.11 Å². The molecule has 0 bridgehead atoms. The first-order valence-electron chi connectivity index (χ1n) is 6.96. The van der Waals surface area contributed by atoms with Gasteiger partial charge in [0, 0.05) is 24.8 Å². The predicted molar refractivity (Wildman–Crippen MR) is 76.3 cm³/mol. The maximum Gasteiger partial charge on any atom is 0.105 e. The van der Waals surface area contributed by atoms with Crippen LogP contribution in [0, 0.1) is 19.8 Å². The van der Waals surface area contributed by atoms with E-state index >= 15 is 0 Å². The zero-order chi connectivity index (χ0) is 14.4. The lowest BCUT2D eigenvalue weighted by Gasteiger charge is -2.17. The molecule has 0 fully saturated rings. The van der Waals surface area contributed by atoms with Crippen molar-refractivity contribution in [1.29, 1.82) is 0 Å². The van der Waals surface area contributed by atoms with E-state index in [4.69, 9.17) is 9.15 Å². The maximum atomic E-state index is 9.82. The highest BCUT2D eigenvalue weighted by Crippen LogP contribution is 2.20. The van der Waals surface area contributed by atoms with E-state index in [0.29, 0.717) is 25.7 Å². The van der Waals surface area contributed by atoms with Crippen molar-refractivity contribution in [3.05, 3.63) is 23.2 Å². The molecule has 4 heteroatoms. The number of hydrogen-bond donors (Lipinski definition) is 2. The summed E-state index contributed by atoms with van der Waals surface area (Å²) in [4.78, 5) is 0. The smallest absolute Gasteiger partial charge is 0.105 e. The highest BCUT2D eigenvalue weighted by molar-refractivity contribution is 5.23. The summed E-state index contributed by atoms with van der Waals surface area (Å²) in [5.41, 5.74) is 1.15. The third kappa shape index (κ3) is 5.76. The van der Waals surface area contributed by atoms with Crippen LogP contribution >= 0.6 is 0 Å². The molecule has 19 heavy (non-hydrogen) atoms. The van der Waals surface area contributed by atoms with Crippen molar-refractivity contribution >= 4 is 0 Å². The molecule has 0 radical (unpaired) electrons. The number of aliphatic hydroxyl groups excluding tert-OH is 1. The van der Waals surface area contributed by atoms with Crippen molar-refractivity contribution < 1.29 is 14.3 Å². The second-order valence-electron chi connectivity index (χ2n) is 5.58. The molecule has 1 aromatic heterocycles. The quantitative estimate of drug-likeness (QED) is 0.761. The van der Waals surface area contributed by atoms with Gasteiger partial charge in [-0.05, 0) is 32.8 Å². The number of ether oxygens (including phenoxy) is 1. The van der Waals surface area contributed by atoms with Crippen LogP contribution in [0.4, 0.5) is 0 Å². The molecule has 0 spiro atoms. The summed E-state index contributed by atoms with van der Waals surface area (Å²) in [6.07, 6.45) is -0.477. The number of hydrogen-bond acceptors (Lipinski definition) is 4. The Balaban J connectivity index is 2.29. The van der Waals surface area contributed by atoms with E-state index in [1.54, 1.807) is 0 Å². The Morgan fingerprint density at radius 3 is 2.47 bits per heavy atom. The van der Waals surface area contributed by atoms with Gasteiger partial charge in [0.05, 0.1) is 12.7 Å². The van der Waals surface area contributed by atoms with Crippen LogP contribution in [0.25, 0.3) is 0 Å². The standard InChI is InChI=1S/C15H27NO3/c1-10(2)8-18-9-14(17)7-16-12(4)15-6-11(3)19-13(15)5/h6,10,12,14,16-17H,7-9H2,1-5H3. The molecule has 1 rings (SSSR count). The van der Waals surface area contributed by atoms with Gasteiger partial charge in [-0.2, -0.15) is 0 Å². The van der Waals surface area contributed by atoms with Gasteiger partial charge in [0.2, 0.25) is 0 Å². The normalized spacial score (nSPS) is 14.9. The van der Waals surface area contributed by atoms with Crippen molar-refractivity contribution in [1.82, 2.24) is 5.32 Å². The summed E-state index contributed by atoms with van der Waals surface area (Å²) in [7, 11) is 0. The molecule has 110 valence electrons. The molecule has 0 aromatic carbocycles. The van der Waals surface area contributed by atoms with Crippen molar-refractivity contribution in [2.45, 2.75) is 46.8 Å². The molecule has 2 N–H and O–H groups in total. The van der Waals surface area contributed by atoms with Gasteiger partial charge in [-0.1, -0.05) is 13.8 Å². The monoisotopic (exact) mass is 269 g/mol. The first kappa shape index (κ1) is 16.2. The van der Waals surface area contributed by atoms with Gasteiger partial charge in [-0.25, -0.2) is 0 Å². The average molecular weight is 269 g/mol. The van der Waals surface area contributed by atoms with Gasteiger partial charge in [0.15, 0.2) is 0 Å². The zero-order valence-electron chi connectivity index (χ0n) is 12.7. The van der Waals surface area contributed by atoms with E-state index in [-0.39, 0.29) is 6.04 Å². The molecule has 4 nitrogen and oxygen atoms in total. The van der Waals surface area contributed by atoms with Crippen LogP contribution in [0.1, 0.15) is 43.9 Å². The summed E-state index contributed by atoms with van der Waals surface area (Å²) in [6.45, 7) is 11.7. The van der Waals surface area contributed by atoms with Crippen LogP contribution in [0.2, 0.25) is 0 Å². The van der Waals surface area contributed by atoms with E-state index < -0.39 is 6.10 Å². The van der Waals surface area contributed by atoms with Crippen molar-refractivity contribution in [3.8, 4) is 0 Å². The number of aryl methyl sites for hydroxylation is 2. The third-order valence-corrected chi connectivity index (χ3v) is 2.97. The molecular weight excluding hydrogens is 242 g/mol. The fourth-order valence-electron chi connectivity index (χ4n) is 2.00. The first-order chi connectivity index (χ1) is 8.90. The predicted octanol–water partition coefficient (Wildman–Crippen LogP) is 2.58. The Morgan fingerprint density at radius 1 is 1.26 bits per heavy atom. The average Bonchev–Trinajstić information content (AvgIpc) is 2.65. The Kier molecular flexibility index (Phi) is 6.55. The summed E-state index contributed by atoms with van der Waals surface area (Å²) in [5.74, 6) is 2.35. The molecule has 0 amide bonds. The van der Waals surface area contributed by atoms with Crippen molar-refractivity contribution in [2.75, 3.05) is 19.8 Å². The Bertz CT molecular complexity index is 373. The van der Waals surface area contributed by atoms with Gasteiger partial charge < -0.3 is 19.6 Å². The molecule has 2 atom stereocenters. The van der Waals surface area contributed by atoms with Gasteiger partial charge in [0.1, 0.15) is 11.5 Å². The first-order valence-corrected chi connectivity index (χ1v) is 6.96. The number of nitrogens with one attached hydrogen (secondary N) is 1. The molecule has 0 saturated carbocycles.